The van der Waals surface area contributed by atoms with Gasteiger partial charge < -0.3 is 4.74 Å². The van der Waals surface area contributed by atoms with Gasteiger partial charge in [-0.25, -0.2) is 8.42 Å². The number of ether oxygens (including phenoxy) is 1. The smallest absolute Gasteiger partial charge is 0.149 e. The first kappa shape index (κ1) is 22.5. The van der Waals surface area contributed by atoms with Crippen LogP contribution in [0.4, 0.5) is 0 Å². The molecule has 1 aliphatic heterocycles. The van der Waals surface area contributed by atoms with E-state index in [1.54, 1.807) is 4.68 Å². The highest BCUT2D eigenvalue weighted by Crippen LogP contribution is 2.25. The van der Waals surface area contributed by atoms with Gasteiger partial charge in [0.05, 0.1) is 25.1 Å². The maximum atomic E-state index is 11.4. The molecule has 0 amide bonds. The second-order valence-corrected chi connectivity index (χ2v) is 11.3. The lowest BCUT2D eigenvalue weighted by atomic mass is 10.1. The Balaban J connectivity index is 1.59. The number of aromatic nitrogens is 2. The van der Waals surface area contributed by atoms with Crippen LogP contribution in [0.5, 0.6) is 0 Å². The summed E-state index contributed by atoms with van der Waals surface area (Å²) >= 11 is 1.95. The van der Waals surface area contributed by atoms with Crippen molar-refractivity contribution in [2.75, 3.05) is 38.3 Å². The van der Waals surface area contributed by atoms with Gasteiger partial charge in [0.15, 0.2) is 0 Å². The van der Waals surface area contributed by atoms with Crippen LogP contribution in [-0.4, -0.2) is 61.4 Å². The van der Waals surface area contributed by atoms with Crippen molar-refractivity contribution in [2.45, 2.75) is 52.1 Å². The van der Waals surface area contributed by atoms with E-state index in [0.717, 1.165) is 70.5 Å². The lowest BCUT2D eigenvalue weighted by molar-refractivity contribution is 0.121. The van der Waals surface area contributed by atoms with Crippen molar-refractivity contribution in [2.24, 2.45) is 0 Å². The van der Waals surface area contributed by atoms with Gasteiger partial charge in [-0.2, -0.15) is 5.10 Å². The van der Waals surface area contributed by atoms with E-state index >= 15 is 0 Å². The van der Waals surface area contributed by atoms with Crippen LogP contribution in [0.1, 0.15) is 40.6 Å². The average Bonchev–Trinajstić information content (AvgIpc) is 3.27. The largest absolute Gasteiger partial charge is 0.381 e. The maximum absolute atomic E-state index is 11.4. The normalized spacial score (nSPS) is 17.4. The van der Waals surface area contributed by atoms with Crippen molar-refractivity contribution >= 4 is 21.2 Å². The summed E-state index contributed by atoms with van der Waals surface area (Å²) in [6, 6.07) is 2.39. The number of nitrogens with zero attached hydrogens (tertiary/aromatic N) is 3. The highest BCUT2D eigenvalue weighted by atomic mass is 32.2. The molecule has 1 aliphatic rings. The van der Waals surface area contributed by atoms with E-state index in [2.05, 4.69) is 23.0 Å². The molecule has 0 bridgehead atoms. The van der Waals surface area contributed by atoms with Gasteiger partial charge in [-0.1, -0.05) is 6.92 Å². The van der Waals surface area contributed by atoms with E-state index in [9.17, 15) is 8.42 Å². The predicted molar refractivity (Wildman–Crippen MR) is 118 cm³/mol. The standard InChI is InChI=1S/C21H33N3O3S2/c1-3-20-14-19-6-4-8-23(9-5-11-27-12-7-21(19)28-20)16-18-15-22-24(17-18)10-13-29(2,25)26/h14-15,17H,3-13,16H2,1-2H3. The van der Waals surface area contributed by atoms with E-state index < -0.39 is 9.84 Å². The van der Waals surface area contributed by atoms with Crippen LogP contribution in [0.25, 0.3) is 0 Å². The molecule has 162 valence electrons. The molecule has 0 aliphatic carbocycles. The molecule has 0 saturated carbocycles. The molecule has 2 aromatic rings. The van der Waals surface area contributed by atoms with Crippen molar-refractivity contribution in [1.82, 2.24) is 14.7 Å². The zero-order valence-corrected chi connectivity index (χ0v) is 19.2. The molecule has 29 heavy (non-hydrogen) atoms. The van der Waals surface area contributed by atoms with Crippen molar-refractivity contribution in [3.63, 3.8) is 0 Å². The molecule has 3 rings (SSSR count). The first-order valence-electron chi connectivity index (χ1n) is 10.5. The predicted octanol–water partition coefficient (Wildman–Crippen LogP) is 2.95. The second-order valence-electron chi connectivity index (χ2n) is 7.85. The first-order valence-corrected chi connectivity index (χ1v) is 13.4. The number of hydrogen-bond acceptors (Lipinski definition) is 6. The number of sulfone groups is 1. The summed E-state index contributed by atoms with van der Waals surface area (Å²) in [5.74, 6) is 0.123. The van der Waals surface area contributed by atoms with Gasteiger partial charge in [0, 0.05) is 53.9 Å². The molecule has 0 saturated heterocycles. The van der Waals surface area contributed by atoms with E-state index in [4.69, 9.17) is 4.74 Å². The zero-order valence-electron chi connectivity index (χ0n) is 17.6. The first-order chi connectivity index (χ1) is 13.9. The third kappa shape index (κ3) is 7.51. The van der Waals surface area contributed by atoms with Gasteiger partial charge >= 0.3 is 0 Å². The summed E-state index contributed by atoms with van der Waals surface area (Å²) in [6.45, 7) is 7.14. The molecule has 6 nitrogen and oxygen atoms in total. The highest BCUT2D eigenvalue weighted by Gasteiger charge is 2.13. The van der Waals surface area contributed by atoms with Gasteiger partial charge in [0.25, 0.3) is 0 Å². The molecule has 2 aromatic heterocycles. The maximum Gasteiger partial charge on any atom is 0.149 e. The third-order valence-electron chi connectivity index (χ3n) is 5.24. The summed E-state index contributed by atoms with van der Waals surface area (Å²) in [6.07, 6.45) is 10.5. The van der Waals surface area contributed by atoms with Crippen LogP contribution < -0.4 is 0 Å². The molecule has 8 heteroatoms. The number of fused-ring (bicyclic) bond motifs is 1. The minimum Gasteiger partial charge on any atom is -0.381 e. The van der Waals surface area contributed by atoms with E-state index in [0.29, 0.717) is 6.54 Å². The Bertz CT molecular complexity index is 874. The molecule has 3 heterocycles. The minimum atomic E-state index is -2.97. The zero-order chi connectivity index (χ0) is 20.7. The van der Waals surface area contributed by atoms with Crippen LogP contribution >= 0.6 is 11.3 Å². The van der Waals surface area contributed by atoms with Crippen molar-refractivity contribution in [3.8, 4) is 0 Å². The fourth-order valence-corrected chi connectivity index (χ4v) is 5.33. The van der Waals surface area contributed by atoms with Gasteiger partial charge in [0.2, 0.25) is 0 Å². The van der Waals surface area contributed by atoms with Crippen LogP contribution in [-0.2, 0) is 46.9 Å². The van der Waals surface area contributed by atoms with Crippen LogP contribution in [0, 0.1) is 0 Å². The monoisotopic (exact) mass is 439 g/mol. The molecule has 0 radical (unpaired) electrons. The van der Waals surface area contributed by atoms with Crippen LogP contribution in [0.15, 0.2) is 18.5 Å². The number of aryl methyl sites for hydroxylation is 3. The van der Waals surface area contributed by atoms with Crippen molar-refractivity contribution < 1.29 is 13.2 Å². The summed E-state index contributed by atoms with van der Waals surface area (Å²) < 4.78 is 30.3. The number of thiophene rings is 1. The molecular weight excluding hydrogens is 406 g/mol. The fourth-order valence-electron chi connectivity index (χ4n) is 3.67. The number of rotatable bonds is 6. The van der Waals surface area contributed by atoms with Crippen molar-refractivity contribution in [1.29, 1.82) is 0 Å². The summed E-state index contributed by atoms with van der Waals surface area (Å²) in [5.41, 5.74) is 2.64. The number of hydrogen-bond donors (Lipinski definition) is 0. The van der Waals surface area contributed by atoms with E-state index in [1.165, 1.54) is 21.6 Å². The lowest BCUT2D eigenvalue weighted by Crippen LogP contribution is -2.27. The molecule has 0 atom stereocenters. The molecule has 0 aromatic carbocycles. The molecule has 0 N–H and O–H groups in total. The fraction of sp³-hybridized carbons (Fsp3) is 0.667. The Morgan fingerprint density at radius 3 is 2.83 bits per heavy atom. The molecule has 0 spiro atoms. The van der Waals surface area contributed by atoms with Crippen molar-refractivity contribution in [3.05, 3.63) is 39.3 Å². The van der Waals surface area contributed by atoms with Gasteiger partial charge in [0.1, 0.15) is 9.84 Å². The SMILES string of the molecule is CCc1cc2c(s1)CCOCCCN(Cc1cnn(CCS(C)(=O)=O)c1)CCC2. The van der Waals surface area contributed by atoms with E-state index in [1.807, 2.05) is 23.7 Å². The van der Waals surface area contributed by atoms with E-state index in [-0.39, 0.29) is 5.75 Å². The minimum absolute atomic E-state index is 0.123. The summed E-state index contributed by atoms with van der Waals surface area (Å²) in [5, 5.41) is 4.33. The van der Waals surface area contributed by atoms with Gasteiger partial charge in [-0.3, -0.25) is 9.58 Å². The summed E-state index contributed by atoms with van der Waals surface area (Å²) in [4.78, 5) is 5.44. The Morgan fingerprint density at radius 2 is 2.03 bits per heavy atom. The highest BCUT2D eigenvalue weighted by molar-refractivity contribution is 7.90. The van der Waals surface area contributed by atoms with Crippen LogP contribution in [0.3, 0.4) is 0 Å². The average molecular weight is 440 g/mol. The summed E-state index contributed by atoms with van der Waals surface area (Å²) in [7, 11) is -2.97. The van der Waals surface area contributed by atoms with Gasteiger partial charge in [-0.05, 0) is 43.9 Å². The lowest BCUT2D eigenvalue weighted by Gasteiger charge is -2.22. The van der Waals surface area contributed by atoms with Gasteiger partial charge in [-0.15, -0.1) is 11.3 Å². The topological polar surface area (TPSA) is 64.4 Å². The Labute approximate surface area is 178 Å². The Kier molecular flexibility index (Phi) is 8.29. The molecule has 0 unspecified atom stereocenters. The quantitative estimate of drug-likeness (QED) is 0.692. The molecular formula is C21H33N3O3S2. The van der Waals surface area contributed by atoms with Crippen LogP contribution in [0.2, 0.25) is 0 Å². The second kappa shape index (κ2) is 10.7. The third-order valence-corrected chi connectivity index (χ3v) is 7.54. The Morgan fingerprint density at radius 1 is 1.21 bits per heavy atom. The molecule has 0 fully saturated rings. The Hall–Kier alpha value is -1.22.